The Balaban J connectivity index is 2.04. The van der Waals surface area contributed by atoms with E-state index in [1.165, 1.54) is 3.90 Å². The molecule has 0 aliphatic carbocycles. The average molecular weight is 760 g/mol. The topological polar surface area (TPSA) is 77.5 Å². The van der Waals surface area contributed by atoms with E-state index in [9.17, 15) is 10.2 Å². The summed E-state index contributed by atoms with van der Waals surface area (Å²) in [4.78, 5) is 0. The molecular weight excluding hydrogens is 714 g/mol. The number of hydrogen-bond donors (Lipinski definition) is 2. The van der Waals surface area contributed by atoms with Crippen LogP contribution in [0.4, 0.5) is 0 Å². The summed E-state index contributed by atoms with van der Waals surface area (Å²) in [7, 11) is 0. The van der Waals surface area contributed by atoms with E-state index < -0.39 is 17.9 Å². The summed E-state index contributed by atoms with van der Waals surface area (Å²) in [6, 6.07) is 28.2. The van der Waals surface area contributed by atoms with Crippen molar-refractivity contribution in [3.63, 3.8) is 0 Å². The Morgan fingerprint density at radius 3 is 1.50 bits per heavy atom. The molecule has 0 unspecified atom stereocenters. The first-order valence-corrected chi connectivity index (χ1v) is 17.8. The number of rotatable bonds is 6. The van der Waals surface area contributed by atoms with Crippen molar-refractivity contribution in [2.24, 2.45) is 19.4 Å². The molecule has 0 fully saturated rings. The van der Waals surface area contributed by atoms with Gasteiger partial charge in [0.25, 0.3) is 0 Å². The molecule has 0 amide bonds. The molecule has 0 aromatic heterocycles. The molecule has 230 valence electrons. The number of aromatic hydroxyl groups is 2. The number of phenols is 2. The SMILES string of the molecule is CC(C)(C)[C](=[W]=[N]N=NCc1ccccc1)c1c(-c2cccc(C(C)(C)C)c2O)cccc1-c1cccc(C(C)(C)C)c1O. The van der Waals surface area contributed by atoms with Crippen LogP contribution < -0.4 is 0 Å². The van der Waals surface area contributed by atoms with Crippen LogP contribution in [-0.4, -0.2) is 14.1 Å². The van der Waals surface area contributed by atoms with Crippen LogP contribution in [-0.2, 0) is 35.3 Å². The van der Waals surface area contributed by atoms with Gasteiger partial charge in [-0.25, -0.2) is 0 Å². The van der Waals surface area contributed by atoms with E-state index in [1.807, 2.05) is 72.8 Å². The third kappa shape index (κ3) is 7.56. The molecule has 0 aliphatic rings. The van der Waals surface area contributed by atoms with Gasteiger partial charge in [-0.05, 0) is 0 Å². The number of para-hydroxylation sites is 2. The molecule has 44 heavy (non-hydrogen) atoms. The van der Waals surface area contributed by atoms with Crippen LogP contribution in [0.15, 0.2) is 98.9 Å². The maximum atomic E-state index is 11.7. The van der Waals surface area contributed by atoms with Gasteiger partial charge in [0.1, 0.15) is 0 Å². The van der Waals surface area contributed by atoms with E-state index in [1.54, 1.807) is 0 Å². The van der Waals surface area contributed by atoms with Crippen LogP contribution >= 0.6 is 0 Å². The van der Waals surface area contributed by atoms with E-state index in [4.69, 9.17) is 3.60 Å². The zero-order chi connectivity index (χ0) is 32.3. The number of benzene rings is 4. The molecule has 0 saturated carbocycles. The third-order valence-electron chi connectivity index (χ3n) is 7.57. The number of phenolic OH excluding ortho intramolecular Hbond substituents is 2. The molecule has 0 saturated heterocycles. The van der Waals surface area contributed by atoms with Gasteiger partial charge >= 0.3 is 272 Å². The molecule has 2 N–H and O–H groups in total. The molecule has 4 rings (SSSR count). The summed E-state index contributed by atoms with van der Waals surface area (Å²) in [5, 5.41) is 32.1. The molecule has 0 atom stereocenters. The fourth-order valence-corrected chi connectivity index (χ4v) is 8.03. The Bertz CT molecular complexity index is 1650. The summed E-state index contributed by atoms with van der Waals surface area (Å²) >= 11 is -1.63. The van der Waals surface area contributed by atoms with Crippen molar-refractivity contribution < 1.29 is 28.1 Å². The Kier molecular flexibility index (Phi) is 10.0. The Labute approximate surface area is 271 Å². The molecular formula is C38H45N3O2W. The van der Waals surface area contributed by atoms with Gasteiger partial charge in [0.05, 0.1) is 0 Å². The van der Waals surface area contributed by atoms with E-state index in [0.717, 1.165) is 44.5 Å². The molecule has 0 heterocycles. The fourth-order valence-electron chi connectivity index (χ4n) is 5.32. The van der Waals surface area contributed by atoms with Crippen molar-refractivity contribution in [2.75, 3.05) is 0 Å². The van der Waals surface area contributed by atoms with Crippen LogP contribution in [0.5, 0.6) is 11.5 Å². The van der Waals surface area contributed by atoms with Gasteiger partial charge in [-0.15, -0.1) is 0 Å². The molecule has 0 aliphatic heterocycles. The molecule has 6 heteroatoms. The normalized spacial score (nSPS) is 12.4. The predicted molar refractivity (Wildman–Crippen MR) is 179 cm³/mol. The zero-order valence-corrected chi connectivity index (χ0v) is 30.4. The molecule has 0 bridgehead atoms. The average Bonchev–Trinajstić information content (AvgIpc) is 2.94. The molecule has 0 radical (unpaired) electrons. The Morgan fingerprint density at radius 2 is 1.05 bits per heavy atom. The van der Waals surface area contributed by atoms with Crippen molar-refractivity contribution in [1.82, 2.24) is 0 Å². The quantitative estimate of drug-likeness (QED) is 0.152. The second kappa shape index (κ2) is 13.2. The Morgan fingerprint density at radius 1 is 0.591 bits per heavy atom. The van der Waals surface area contributed by atoms with E-state index >= 15 is 0 Å². The van der Waals surface area contributed by atoms with Crippen molar-refractivity contribution >= 4 is 3.90 Å². The molecule has 4 aromatic rings. The van der Waals surface area contributed by atoms with Crippen LogP contribution in [0.2, 0.25) is 0 Å². The summed E-state index contributed by atoms with van der Waals surface area (Å²) in [5.74, 6) is 0.563. The number of nitrogens with zero attached hydrogens (tertiary/aromatic N) is 3. The summed E-state index contributed by atoms with van der Waals surface area (Å²) in [5.41, 5.74) is 6.54. The van der Waals surface area contributed by atoms with Crippen molar-refractivity contribution in [2.45, 2.75) is 79.7 Å². The van der Waals surface area contributed by atoms with Crippen molar-refractivity contribution in [3.05, 3.63) is 107 Å². The summed E-state index contributed by atoms with van der Waals surface area (Å²) < 4.78 is 5.92. The van der Waals surface area contributed by atoms with Crippen LogP contribution in [0, 0.1) is 5.41 Å². The van der Waals surface area contributed by atoms with Crippen LogP contribution in [0.3, 0.4) is 0 Å². The molecule has 5 nitrogen and oxygen atoms in total. The van der Waals surface area contributed by atoms with Gasteiger partial charge < -0.3 is 0 Å². The maximum absolute atomic E-state index is 11.7. The van der Waals surface area contributed by atoms with Crippen molar-refractivity contribution in [3.8, 4) is 33.8 Å². The number of hydrogen-bond acceptors (Lipinski definition) is 4. The molecule has 4 aromatic carbocycles. The second-order valence-corrected chi connectivity index (χ2v) is 17.0. The first-order chi connectivity index (χ1) is 20.6. The standard InChI is InChI=1S/C31H38O2.C7H7N3.W/c1-29(2,3)19-24-20(22-15-11-17-25(27(22)32)30(4,5)6)13-10-14-21(24)23-16-12-18-26(28(23)33)31(7,8)9;8-10-9-6-7-4-2-1-3-5-7;/h10-18,32-33H,1-9H3;1-5H,6H2;. The Hall–Kier alpha value is -3.56. The van der Waals surface area contributed by atoms with Gasteiger partial charge in [-0.3, -0.25) is 0 Å². The van der Waals surface area contributed by atoms with Crippen LogP contribution in [0.25, 0.3) is 22.3 Å². The van der Waals surface area contributed by atoms with E-state index in [0.29, 0.717) is 6.54 Å². The van der Waals surface area contributed by atoms with Gasteiger partial charge in [0, 0.05) is 0 Å². The second-order valence-electron chi connectivity index (χ2n) is 14.3. The minimum absolute atomic E-state index is 0.237. The zero-order valence-electron chi connectivity index (χ0n) is 27.4. The van der Waals surface area contributed by atoms with E-state index in [-0.39, 0.29) is 27.7 Å². The van der Waals surface area contributed by atoms with Gasteiger partial charge in [0.15, 0.2) is 0 Å². The summed E-state index contributed by atoms with van der Waals surface area (Å²) in [6.07, 6.45) is 0. The first kappa shape index (κ1) is 33.3. The third-order valence-corrected chi connectivity index (χ3v) is 11.7. The van der Waals surface area contributed by atoms with Gasteiger partial charge in [0.2, 0.25) is 0 Å². The van der Waals surface area contributed by atoms with Crippen molar-refractivity contribution in [1.29, 1.82) is 0 Å². The monoisotopic (exact) mass is 759 g/mol. The van der Waals surface area contributed by atoms with Gasteiger partial charge in [-0.2, -0.15) is 0 Å². The van der Waals surface area contributed by atoms with E-state index in [2.05, 4.69) is 84.8 Å². The molecule has 0 spiro atoms. The first-order valence-electron chi connectivity index (χ1n) is 15.0. The van der Waals surface area contributed by atoms with Gasteiger partial charge in [-0.1, -0.05) is 0 Å². The summed E-state index contributed by atoms with van der Waals surface area (Å²) in [6.45, 7) is 19.8. The van der Waals surface area contributed by atoms with Crippen LogP contribution in [0.1, 0.15) is 84.6 Å². The minimum atomic E-state index is -1.63. The fraction of sp³-hybridized carbons (Fsp3) is 0.342. The predicted octanol–water partition coefficient (Wildman–Crippen LogP) is 10.4.